The zero-order valence-corrected chi connectivity index (χ0v) is 17.1. The summed E-state index contributed by atoms with van der Waals surface area (Å²) in [6, 6.07) is 8.15. The summed E-state index contributed by atoms with van der Waals surface area (Å²) < 4.78 is 6.16. The molecule has 4 rings (SSSR count). The van der Waals surface area contributed by atoms with Gasteiger partial charge in [0.05, 0.1) is 28.6 Å². The van der Waals surface area contributed by atoms with Crippen LogP contribution in [0.25, 0.3) is 10.2 Å². The third-order valence-electron chi connectivity index (χ3n) is 4.92. The second kappa shape index (κ2) is 9.09. The minimum absolute atomic E-state index is 0.343. The summed E-state index contributed by atoms with van der Waals surface area (Å²) in [5, 5.41) is 0.957. The summed E-state index contributed by atoms with van der Waals surface area (Å²) in [6.07, 6.45) is 7.05. The van der Waals surface area contributed by atoms with Gasteiger partial charge in [-0.25, -0.2) is 19.7 Å². The van der Waals surface area contributed by atoms with Crippen molar-refractivity contribution in [3.63, 3.8) is 0 Å². The van der Waals surface area contributed by atoms with Gasteiger partial charge in [-0.15, -0.1) is 11.3 Å². The molecule has 29 heavy (non-hydrogen) atoms. The van der Waals surface area contributed by atoms with Crippen LogP contribution in [0.3, 0.4) is 0 Å². The third kappa shape index (κ3) is 4.76. The molecule has 3 aromatic rings. The highest BCUT2D eigenvalue weighted by molar-refractivity contribution is 7.20. The van der Waals surface area contributed by atoms with E-state index >= 15 is 0 Å². The normalized spacial score (nSPS) is 15.3. The van der Waals surface area contributed by atoms with Crippen LogP contribution in [-0.2, 0) is 4.74 Å². The monoisotopic (exact) mass is 409 g/mol. The number of anilines is 1. The number of hydrogen-bond donors (Lipinski definition) is 0. The van der Waals surface area contributed by atoms with Crippen LogP contribution in [0.4, 0.5) is 5.95 Å². The third-order valence-corrected chi connectivity index (χ3v) is 5.89. The number of aromatic nitrogens is 3. The Morgan fingerprint density at radius 3 is 2.76 bits per heavy atom. The van der Waals surface area contributed by atoms with E-state index in [0.717, 1.165) is 43.0 Å². The van der Waals surface area contributed by atoms with Gasteiger partial charge in [-0.1, -0.05) is 12.1 Å². The van der Waals surface area contributed by atoms with Crippen LogP contribution >= 0.6 is 11.3 Å². The number of nitrogens with zero attached hydrogens (tertiary/aromatic N) is 5. The van der Waals surface area contributed by atoms with E-state index in [1.54, 1.807) is 18.3 Å². The van der Waals surface area contributed by atoms with Gasteiger partial charge in [0.2, 0.25) is 5.95 Å². The van der Waals surface area contributed by atoms with E-state index in [9.17, 15) is 4.79 Å². The maximum Gasteiger partial charge on any atom is 0.341 e. The molecule has 1 aliphatic heterocycles. The maximum atomic E-state index is 11.7. The minimum atomic E-state index is -0.385. The first kappa shape index (κ1) is 19.4. The topological polar surface area (TPSA) is 80.6 Å². The lowest BCUT2D eigenvalue weighted by Gasteiger charge is -2.31. The van der Waals surface area contributed by atoms with Crippen molar-refractivity contribution >= 4 is 39.7 Å². The highest BCUT2D eigenvalue weighted by Crippen LogP contribution is 2.22. The first-order valence-electron chi connectivity index (χ1n) is 9.82. The number of para-hydroxylation sites is 1. The standard InChI is InChI=1S/C21H23N5O2S/c1-2-28-20(27)16-12-23-21(24-13-16)26-9-7-15(8-10-26)11-22-14-19-25-17-5-3-4-6-18(17)29-19/h3-6,12-15H,2,7-11H2,1H3. The van der Waals surface area contributed by atoms with Crippen molar-refractivity contribution in [2.24, 2.45) is 10.9 Å². The van der Waals surface area contributed by atoms with Crippen LogP contribution in [0.1, 0.15) is 35.1 Å². The zero-order chi connectivity index (χ0) is 20.1. The Kier molecular flexibility index (Phi) is 6.09. The Balaban J connectivity index is 1.27. The fourth-order valence-electron chi connectivity index (χ4n) is 3.35. The molecule has 7 nitrogen and oxygen atoms in total. The van der Waals surface area contributed by atoms with Crippen LogP contribution in [0, 0.1) is 5.92 Å². The van der Waals surface area contributed by atoms with Crippen LogP contribution < -0.4 is 4.90 Å². The quantitative estimate of drug-likeness (QED) is 0.457. The van der Waals surface area contributed by atoms with Crippen molar-refractivity contribution < 1.29 is 9.53 Å². The molecule has 1 aromatic carbocycles. The fraction of sp³-hybridized carbons (Fsp3) is 0.381. The molecule has 3 heterocycles. The fourth-order valence-corrected chi connectivity index (χ4v) is 4.21. The predicted molar refractivity (Wildman–Crippen MR) is 115 cm³/mol. The molecule has 1 fully saturated rings. The second-order valence-corrected chi connectivity index (χ2v) is 8.00. The van der Waals surface area contributed by atoms with Gasteiger partial charge in [-0.3, -0.25) is 4.99 Å². The van der Waals surface area contributed by atoms with Gasteiger partial charge in [0.25, 0.3) is 0 Å². The van der Waals surface area contributed by atoms with E-state index in [1.165, 1.54) is 17.1 Å². The molecule has 0 spiro atoms. The molecular weight excluding hydrogens is 386 g/mol. The summed E-state index contributed by atoms with van der Waals surface area (Å²) >= 11 is 1.67. The number of esters is 1. The number of fused-ring (bicyclic) bond motifs is 1. The lowest BCUT2D eigenvalue weighted by atomic mass is 9.97. The van der Waals surface area contributed by atoms with Crippen molar-refractivity contribution in [1.82, 2.24) is 15.0 Å². The molecule has 0 bridgehead atoms. The molecule has 0 amide bonds. The summed E-state index contributed by atoms with van der Waals surface area (Å²) in [5.41, 5.74) is 1.41. The molecule has 0 saturated carbocycles. The number of rotatable bonds is 6. The van der Waals surface area contributed by atoms with E-state index in [4.69, 9.17) is 4.74 Å². The predicted octanol–water partition coefficient (Wildman–Crippen LogP) is 3.60. The molecule has 0 N–H and O–H groups in total. The molecule has 2 aromatic heterocycles. The Labute approximate surface area is 173 Å². The van der Waals surface area contributed by atoms with E-state index in [2.05, 4.69) is 30.9 Å². The molecule has 0 aliphatic carbocycles. The van der Waals surface area contributed by atoms with Crippen molar-refractivity contribution in [1.29, 1.82) is 0 Å². The lowest BCUT2D eigenvalue weighted by Crippen LogP contribution is -2.35. The summed E-state index contributed by atoms with van der Waals surface area (Å²) in [7, 11) is 0. The van der Waals surface area contributed by atoms with E-state index in [0.29, 0.717) is 24.0 Å². The van der Waals surface area contributed by atoms with Gasteiger partial charge in [0.15, 0.2) is 0 Å². The second-order valence-electron chi connectivity index (χ2n) is 6.94. The number of piperidine rings is 1. The number of aliphatic imine (C=N–C) groups is 1. The average molecular weight is 410 g/mol. The Bertz CT molecular complexity index is 961. The first-order chi connectivity index (χ1) is 14.2. The van der Waals surface area contributed by atoms with Crippen molar-refractivity contribution in [3.8, 4) is 0 Å². The highest BCUT2D eigenvalue weighted by Gasteiger charge is 2.21. The van der Waals surface area contributed by atoms with Crippen LogP contribution in [0.5, 0.6) is 0 Å². The minimum Gasteiger partial charge on any atom is -0.462 e. The molecule has 0 atom stereocenters. The van der Waals surface area contributed by atoms with Crippen LogP contribution in [0.2, 0.25) is 0 Å². The number of carbonyl (C=O) groups excluding carboxylic acids is 1. The first-order valence-corrected chi connectivity index (χ1v) is 10.6. The summed E-state index contributed by atoms with van der Waals surface area (Å²) in [5.74, 6) is 0.828. The maximum absolute atomic E-state index is 11.7. The number of benzene rings is 1. The van der Waals surface area contributed by atoms with Crippen LogP contribution in [-0.4, -0.2) is 53.4 Å². The number of ether oxygens (including phenoxy) is 1. The average Bonchev–Trinajstić information content (AvgIpc) is 3.17. The lowest BCUT2D eigenvalue weighted by molar-refractivity contribution is 0.0525. The van der Waals surface area contributed by atoms with Crippen LogP contribution in [0.15, 0.2) is 41.7 Å². The summed E-state index contributed by atoms with van der Waals surface area (Å²) in [6.45, 7) is 4.71. The van der Waals surface area contributed by atoms with Gasteiger partial charge in [-0.2, -0.15) is 0 Å². The molecule has 0 unspecified atom stereocenters. The number of thiazole rings is 1. The smallest absolute Gasteiger partial charge is 0.341 e. The largest absolute Gasteiger partial charge is 0.462 e. The van der Waals surface area contributed by atoms with Gasteiger partial charge in [-0.05, 0) is 37.8 Å². The Morgan fingerprint density at radius 1 is 1.28 bits per heavy atom. The van der Waals surface area contributed by atoms with E-state index < -0.39 is 0 Å². The van der Waals surface area contributed by atoms with Gasteiger partial charge in [0, 0.05) is 32.0 Å². The molecule has 0 radical (unpaired) electrons. The molecule has 1 aliphatic rings. The Hall–Kier alpha value is -2.87. The molecule has 150 valence electrons. The van der Waals surface area contributed by atoms with Crippen molar-refractivity contribution in [2.45, 2.75) is 19.8 Å². The van der Waals surface area contributed by atoms with E-state index in [-0.39, 0.29) is 5.97 Å². The van der Waals surface area contributed by atoms with Gasteiger partial charge >= 0.3 is 5.97 Å². The van der Waals surface area contributed by atoms with Gasteiger partial charge < -0.3 is 9.64 Å². The van der Waals surface area contributed by atoms with E-state index in [1.807, 2.05) is 24.4 Å². The molecular formula is C21H23N5O2S. The Morgan fingerprint density at radius 2 is 2.03 bits per heavy atom. The highest BCUT2D eigenvalue weighted by atomic mass is 32.1. The molecule has 8 heteroatoms. The van der Waals surface area contributed by atoms with Crippen molar-refractivity contribution in [3.05, 3.63) is 47.2 Å². The molecule has 1 saturated heterocycles. The SMILES string of the molecule is CCOC(=O)c1cnc(N2CCC(CN=Cc3nc4ccccc4s3)CC2)nc1. The van der Waals surface area contributed by atoms with Crippen molar-refractivity contribution in [2.75, 3.05) is 31.1 Å². The van der Waals surface area contributed by atoms with Gasteiger partial charge in [0.1, 0.15) is 5.01 Å². The summed E-state index contributed by atoms with van der Waals surface area (Å²) in [4.78, 5) is 31.7. The number of hydrogen-bond acceptors (Lipinski definition) is 8. The number of carbonyl (C=O) groups is 1. The zero-order valence-electron chi connectivity index (χ0n) is 16.3.